The number of hydrogen-bond acceptors (Lipinski definition) is 6. The Kier molecular flexibility index (Phi) is 8.63. The van der Waals surface area contributed by atoms with E-state index in [1.807, 2.05) is 0 Å². The summed E-state index contributed by atoms with van der Waals surface area (Å²) in [4.78, 5) is 15.9. The van der Waals surface area contributed by atoms with Crippen LogP contribution in [-0.2, 0) is 11.0 Å². The number of amides is 1. The van der Waals surface area contributed by atoms with Crippen LogP contribution in [0.3, 0.4) is 0 Å². The van der Waals surface area contributed by atoms with Gasteiger partial charge in [-0.2, -0.15) is 18.3 Å². The summed E-state index contributed by atoms with van der Waals surface area (Å²) < 4.78 is 62.6. The predicted molar refractivity (Wildman–Crippen MR) is 126 cm³/mol. The number of carbonyl (C=O) groups is 1. The number of anilines is 2. The molecule has 0 aliphatic carbocycles. The second kappa shape index (κ2) is 11.6. The van der Waals surface area contributed by atoms with E-state index in [2.05, 4.69) is 36.8 Å². The van der Waals surface area contributed by atoms with E-state index >= 15 is 0 Å². The predicted octanol–water partition coefficient (Wildman–Crippen LogP) is 5.86. The first-order chi connectivity index (χ1) is 16.7. The van der Waals surface area contributed by atoms with Crippen molar-refractivity contribution < 1.29 is 31.8 Å². The summed E-state index contributed by atoms with van der Waals surface area (Å²) >= 11 is 3.38. The molecule has 0 saturated heterocycles. The summed E-state index contributed by atoms with van der Waals surface area (Å²) in [5.41, 5.74) is 2.68. The van der Waals surface area contributed by atoms with E-state index in [1.165, 1.54) is 30.5 Å². The van der Waals surface area contributed by atoms with Crippen LogP contribution in [0.4, 0.5) is 29.1 Å². The molecule has 0 fully saturated rings. The number of hydrazone groups is 1. The van der Waals surface area contributed by atoms with E-state index in [0.29, 0.717) is 34.3 Å². The van der Waals surface area contributed by atoms with Crippen molar-refractivity contribution in [1.29, 1.82) is 0 Å². The Morgan fingerprint density at radius 3 is 2.51 bits per heavy atom. The molecule has 1 amide bonds. The molecule has 184 valence electrons. The molecule has 1 heterocycles. The smallest absolute Gasteiger partial charge is 0.417 e. The SMILES string of the molecule is CCOc1cc(/C=N\Nc2ccc(C(F)(F)F)cn2)cc(Br)c1OCC(=O)Nc1ccc(F)cc1. The summed E-state index contributed by atoms with van der Waals surface area (Å²) in [6.07, 6.45) is -2.35. The molecule has 0 radical (unpaired) electrons. The third kappa shape index (κ3) is 7.67. The minimum absolute atomic E-state index is 0.130. The number of halogens is 5. The quantitative estimate of drug-likeness (QED) is 0.196. The van der Waals surface area contributed by atoms with Gasteiger partial charge in [-0.05, 0) is 76.9 Å². The Labute approximate surface area is 206 Å². The lowest BCUT2D eigenvalue weighted by atomic mass is 10.2. The first-order valence-corrected chi connectivity index (χ1v) is 10.9. The van der Waals surface area contributed by atoms with Crippen LogP contribution in [0.5, 0.6) is 11.5 Å². The van der Waals surface area contributed by atoms with Crippen molar-refractivity contribution in [2.24, 2.45) is 5.10 Å². The number of pyridine rings is 1. The first-order valence-electron chi connectivity index (χ1n) is 10.1. The largest absolute Gasteiger partial charge is 0.490 e. The van der Waals surface area contributed by atoms with Crippen molar-refractivity contribution in [2.45, 2.75) is 13.1 Å². The molecule has 2 aromatic carbocycles. The molecule has 7 nitrogen and oxygen atoms in total. The number of aromatic nitrogens is 1. The second-order valence-corrected chi connectivity index (χ2v) is 7.76. The molecule has 0 saturated carbocycles. The van der Waals surface area contributed by atoms with Gasteiger partial charge in [0.2, 0.25) is 0 Å². The van der Waals surface area contributed by atoms with Crippen LogP contribution in [-0.4, -0.2) is 30.3 Å². The highest BCUT2D eigenvalue weighted by Crippen LogP contribution is 2.36. The van der Waals surface area contributed by atoms with Crippen molar-refractivity contribution in [2.75, 3.05) is 24.0 Å². The number of benzene rings is 2. The lowest BCUT2D eigenvalue weighted by molar-refractivity contribution is -0.137. The molecule has 0 aliphatic rings. The van der Waals surface area contributed by atoms with Crippen LogP contribution in [0.25, 0.3) is 0 Å². The lowest BCUT2D eigenvalue weighted by Crippen LogP contribution is -2.20. The van der Waals surface area contributed by atoms with Crippen LogP contribution < -0.4 is 20.2 Å². The topological polar surface area (TPSA) is 84.8 Å². The van der Waals surface area contributed by atoms with Gasteiger partial charge in [-0.1, -0.05) is 0 Å². The molecule has 1 aromatic heterocycles. The Hall–Kier alpha value is -3.67. The molecule has 2 N–H and O–H groups in total. The molecule has 3 aromatic rings. The molecule has 0 bridgehead atoms. The van der Waals surface area contributed by atoms with Gasteiger partial charge in [0.05, 0.1) is 22.9 Å². The summed E-state index contributed by atoms with van der Waals surface area (Å²) in [5.74, 6) is -0.115. The number of ether oxygens (including phenoxy) is 2. The van der Waals surface area contributed by atoms with Gasteiger partial charge in [0.1, 0.15) is 11.6 Å². The maximum atomic E-state index is 13.0. The van der Waals surface area contributed by atoms with Crippen molar-refractivity contribution in [3.05, 3.63) is 76.1 Å². The first kappa shape index (κ1) is 25.9. The van der Waals surface area contributed by atoms with E-state index in [1.54, 1.807) is 19.1 Å². The van der Waals surface area contributed by atoms with Gasteiger partial charge in [0.15, 0.2) is 18.1 Å². The Bertz CT molecular complexity index is 1190. The molecule has 12 heteroatoms. The van der Waals surface area contributed by atoms with E-state index in [0.717, 1.165) is 12.1 Å². The molecule has 0 aliphatic heterocycles. The Balaban J connectivity index is 1.65. The molecule has 0 atom stereocenters. The van der Waals surface area contributed by atoms with Crippen LogP contribution in [0.2, 0.25) is 0 Å². The van der Waals surface area contributed by atoms with Crippen LogP contribution in [0.1, 0.15) is 18.1 Å². The zero-order valence-electron chi connectivity index (χ0n) is 18.2. The summed E-state index contributed by atoms with van der Waals surface area (Å²) in [5, 5.41) is 6.57. The van der Waals surface area contributed by atoms with Gasteiger partial charge in [-0.25, -0.2) is 9.37 Å². The number of hydrogen-bond donors (Lipinski definition) is 2. The van der Waals surface area contributed by atoms with Crippen molar-refractivity contribution >= 4 is 39.6 Å². The average Bonchev–Trinajstić information content (AvgIpc) is 2.80. The van der Waals surface area contributed by atoms with Crippen LogP contribution >= 0.6 is 15.9 Å². The van der Waals surface area contributed by atoms with Crippen molar-refractivity contribution in [1.82, 2.24) is 4.98 Å². The van der Waals surface area contributed by atoms with E-state index < -0.39 is 23.5 Å². The Morgan fingerprint density at radius 1 is 1.14 bits per heavy atom. The fourth-order valence-electron chi connectivity index (χ4n) is 2.73. The van der Waals surface area contributed by atoms with Gasteiger partial charge >= 0.3 is 6.18 Å². The Morgan fingerprint density at radius 2 is 1.89 bits per heavy atom. The highest BCUT2D eigenvalue weighted by molar-refractivity contribution is 9.10. The maximum Gasteiger partial charge on any atom is 0.417 e. The zero-order valence-corrected chi connectivity index (χ0v) is 19.8. The normalized spacial score (nSPS) is 11.4. The van der Waals surface area contributed by atoms with Gasteiger partial charge < -0.3 is 14.8 Å². The van der Waals surface area contributed by atoms with Crippen LogP contribution in [0.15, 0.2) is 64.3 Å². The minimum Gasteiger partial charge on any atom is -0.490 e. The number of carbonyl (C=O) groups excluding carboxylic acids is 1. The monoisotopic (exact) mass is 554 g/mol. The number of nitrogens with zero attached hydrogens (tertiary/aromatic N) is 2. The molecular formula is C23H19BrF4N4O3. The standard InChI is InChI=1S/C23H19BrF4N4O3/c1-2-34-19-10-14(11-30-32-20-8-3-15(12-29-20)23(26,27)28)9-18(24)22(19)35-13-21(33)31-17-6-4-16(25)5-7-17/h3-12H,2,13H2,1H3,(H,29,32)(H,31,33)/b30-11-. The van der Waals surface area contributed by atoms with Gasteiger partial charge in [-0.3, -0.25) is 10.2 Å². The highest BCUT2D eigenvalue weighted by atomic mass is 79.9. The maximum absolute atomic E-state index is 13.0. The number of rotatable bonds is 9. The van der Waals surface area contributed by atoms with Gasteiger partial charge in [0.25, 0.3) is 5.91 Å². The van der Waals surface area contributed by atoms with Gasteiger partial charge in [-0.15, -0.1) is 0 Å². The molecule has 3 rings (SSSR count). The third-order valence-corrected chi connectivity index (χ3v) is 4.88. The summed E-state index contributed by atoms with van der Waals surface area (Å²) in [7, 11) is 0. The number of nitrogens with one attached hydrogen (secondary N) is 2. The minimum atomic E-state index is -4.47. The fourth-order valence-corrected chi connectivity index (χ4v) is 3.31. The fraction of sp³-hybridized carbons (Fsp3) is 0.174. The van der Waals surface area contributed by atoms with Crippen LogP contribution in [0, 0.1) is 5.82 Å². The molecule has 0 unspecified atom stereocenters. The summed E-state index contributed by atoms with van der Waals surface area (Å²) in [6.45, 7) is 1.76. The molecule has 35 heavy (non-hydrogen) atoms. The summed E-state index contributed by atoms with van der Waals surface area (Å²) in [6, 6.07) is 10.6. The van der Waals surface area contributed by atoms with Crippen molar-refractivity contribution in [3.8, 4) is 11.5 Å². The van der Waals surface area contributed by atoms with Gasteiger partial charge in [0, 0.05) is 11.9 Å². The lowest BCUT2D eigenvalue weighted by Gasteiger charge is -2.14. The third-order valence-electron chi connectivity index (χ3n) is 4.29. The number of alkyl halides is 3. The average molecular weight is 555 g/mol. The highest BCUT2D eigenvalue weighted by Gasteiger charge is 2.30. The van der Waals surface area contributed by atoms with E-state index in [4.69, 9.17) is 9.47 Å². The van der Waals surface area contributed by atoms with Crippen molar-refractivity contribution in [3.63, 3.8) is 0 Å². The van der Waals surface area contributed by atoms with E-state index in [-0.39, 0.29) is 18.2 Å². The zero-order chi connectivity index (χ0) is 25.4. The van der Waals surface area contributed by atoms with E-state index in [9.17, 15) is 22.4 Å². The molecule has 0 spiro atoms. The molecular weight excluding hydrogens is 536 g/mol. The second-order valence-electron chi connectivity index (χ2n) is 6.91.